The molecule has 1 aromatic carbocycles. The third kappa shape index (κ3) is 3.07. The number of carbonyl (C=O) groups is 1. The fourth-order valence-electron chi connectivity index (χ4n) is 1.62. The molecule has 0 unspecified atom stereocenters. The number of aromatic nitrogens is 2. The van der Waals surface area contributed by atoms with Gasteiger partial charge in [-0.15, -0.1) is 0 Å². The van der Waals surface area contributed by atoms with E-state index in [2.05, 4.69) is 9.97 Å². The average molecular weight is 258 g/mol. The molecule has 1 aromatic heterocycles. The zero-order chi connectivity index (χ0) is 13.7. The van der Waals surface area contributed by atoms with Crippen LogP contribution in [-0.4, -0.2) is 23.4 Å². The molecule has 19 heavy (non-hydrogen) atoms. The highest BCUT2D eigenvalue weighted by molar-refractivity contribution is 5.81. The summed E-state index contributed by atoms with van der Waals surface area (Å²) in [5.41, 5.74) is 1.22. The third-order valence-corrected chi connectivity index (χ3v) is 2.52. The number of benzene rings is 1. The second kappa shape index (κ2) is 5.95. The predicted octanol–water partition coefficient (Wildman–Crippen LogP) is 2.19. The minimum absolute atomic E-state index is 0.226. The van der Waals surface area contributed by atoms with Crippen LogP contribution >= 0.6 is 0 Å². The van der Waals surface area contributed by atoms with E-state index in [0.717, 1.165) is 5.56 Å². The first kappa shape index (κ1) is 13.0. The number of hydrogen-bond acceptors (Lipinski definition) is 5. The lowest BCUT2D eigenvalue weighted by atomic mass is 10.2. The summed E-state index contributed by atoms with van der Waals surface area (Å²) in [5, 5.41) is 0. The van der Waals surface area contributed by atoms with Gasteiger partial charge < -0.3 is 9.47 Å². The molecule has 0 saturated carbocycles. The number of aryl methyl sites for hydroxylation is 1. The van der Waals surface area contributed by atoms with Crippen LogP contribution in [0.15, 0.2) is 30.3 Å². The fraction of sp³-hybridized carbons (Fsp3) is 0.214. The van der Waals surface area contributed by atoms with Crippen molar-refractivity contribution in [1.82, 2.24) is 9.97 Å². The van der Waals surface area contributed by atoms with Crippen molar-refractivity contribution in [2.24, 2.45) is 0 Å². The molecule has 0 aliphatic carbocycles. The number of ether oxygens (including phenoxy) is 2. The Kier molecular flexibility index (Phi) is 4.07. The molecule has 0 aliphatic rings. The van der Waals surface area contributed by atoms with E-state index in [0.29, 0.717) is 18.7 Å². The molecular formula is C14H14N2O3. The van der Waals surface area contributed by atoms with E-state index < -0.39 is 0 Å². The quantitative estimate of drug-likeness (QED) is 0.769. The topological polar surface area (TPSA) is 61.3 Å². The maximum absolute atomic E-state index is 11.1. The summed E-state index contributed by atoms with van der Waals surface area (Å²) in [6.07, 6.45) is 0.638. The van der Waals surface area contributed by atoms with Gasteiger partial charge in [0.05, 0.1) is 7.11 Å². The van der Waals surface area contributed by atoms with Gasteiger partial charge in [0.2, 0.25) is 11.8 Å². The Hall–Kier alpha value is -2.43. The summed E-state index contributed by atoms with van der Waals surface area (Å²) in [7, 11) is 1.45. The number of rotatable bonds is 5. The van der Waals surface area contributed by atoms with Gasteiger partial charge in [0.1, 0.15) is 18.0 Å². The molecule has 0 amide bonds. The first-order valence-corrected chi connectivity index (χ1v) is 5.79. The van der Waals surface area contributed by atoms with Crippen molar-refractivity contribution in [3.63, 3.8) is 0 Å². The van der Waals surface area contributed by atoms with Crippen LogP contribution in [0.25, 0.3) is 0 Å². The van der Waals surface area contributed by atoms with Crippen molar-refractivity contribution in [2.45, 2.75) is 13.5 Å². The Bertz CT molecular complexity index is 570. The van der Waals surface area contributed by atoms with Gasteiger partial charge in [0, 0.05) is 0 Å². The Morgan fingerprint density at radius 1 is 1.16 bits per heavy atom. The van der Waals surface area contributed by atoms with E-state index in [4.69, 9.17) is 9.47 Å². The van der Waals surface area contributed by atoms with E-state index in [9.17, 15) is 4.79 Å². The monoisotopic (exact) mass is 258 g/mol. The summed E-state index contributed by atoms with van der Waals surface area (Å²) >= 11 is 0. The molecule has 0 spiro atoms. The van der Waals surface area contributed by atoms with Crippen molar-refractivity contribution in [3.8, 4) is 11.8 Å². The minimum Gasteiger partial charge on any atom is -0.480 e. The van der Waals surface area contributed by atoms with Gasteiger partial charge in [-0.2, -0.15) is 9.97 Å². The second-order valence-corrected chi connectivity index (χ2v) is 3.89. The highest BCUT2D eigenvalue weighted by atomic mass is 16.5. The van der Waals surface area contributed by atoms with Crippen molar-refractivity contribution in [1.29, 1.82) is 0 Å². The van der Waals surface area contributed by atoms with Gasteiger partial charge >= 0.3 is 0 Å². The number of carbonyl (C=O) groups excluding carboxylic acids is 1. The molecule has 0 bridgehead atoms. The van der Waals surface area contributed by atoms with Crippen LogP contribution in [-0.2, 0) is 6.61 Å². The van der Waals surface area contributed by atoms with Crippen LogP contribution < -0.4 is 9.47 Å². The molecule has 5 heteroatoms. The van der Waals surface area contributed by atoms with Gasteiger partial charge in [-0.05, 0) is 12.5 Å². The van der Waals surface area contributed by atoms with Gasteiger partial charge in [0.15, 0.2) is 6.29 Å². The standard InChI is InChI=1S/C14H14N2O3/c1-10-15-13(18-2)12(8-17)14(16-10)19-9-11-6-4-3-5-7-11/h3-8H,9H2,1-2H3. The molecular weight excluding hydrogens is 244 g/mol. The Labute approximate surface area is 111 Å². The van der Waals surface area contributed by atoms with Crippen LogP contribution in [0.5, 0.6) is 11.8 Å². The molecule has 1 heterocycles. The highest BCUT2D eigenvalue weighted by Crippen LogP contribution is 2.23. The van der Waals surface area contributed by atoms with Crippen molar-refractivity contribution in [2.75, 3.05) is 7.11 Å². The second-order valence-electron chi connectivity index (χ2n) is 3.89. The van der Waals surface area contributed by atoms with Crippen LogP contribution in [0.4, 0.5) is 0 Å². The van der Waals surface area contributed by atoms with Crippen molar-refractivity contribution in [3.05, 3.63) is 47.3 Å². The molecule has 98 valence electrons. The van der Waals surface area contributed by atoms with Crippen molar-refractivity contribution < 1.29 is 14.3 Å². The number of aldehydes is 1. The van der Waals surface area contributed by atoms with Crippen molar-refractivity contribution >= 4 is 6.29 Å². The first-order valence-electron chi connectivity index (χ1n) is 5.79. The molecule has 2 rings (SSSR count). The van der Waals surface area contributed by atoms with E-state index in [-0.39, 0.29) is 17.3 Å². The Balaban J connectivity index is 2.24. The third-order valence-electron chi connectivity index (χ3n) is 2.52. The smallest absolute Gasteiger partial charge is 0.231 e. The fourth-order valence-corrected chi connectivity index (χ4v) is 1.62. The lowest BCUT2D eigenvalue weighted by molar-refractivity contribution is 0.111. The molecule has 0 radical (unpaired) electrons. The normalized spacial score (nSPS) is 10.0. The molecule has 0 saturated heterocycles. The minimum atomic E-state index is 0.226. The summed E-state index contributed by atoms with van der Waals surface area (Å²) in [4.78, 5) is 19.2. The Morgan fingerprint density at radius 2 is 1.84 bits per heavy atom. The summed E-state index contributed by atoms with van der Waals surface area (Å²) in [6, 6.07) is 9.65. The lowest BCUT2D eigenvalue weighted by Crippen LogP contribution is -2.05. The predicted molar refractivity (Wildman–Crippen MR) is 69.5 cm³/mol. The summed E-state index contributed by atoms with van der Waals surface area (Å²) in [6.45, 7) is 2.05. The van der Waals surface area contributed by atoms with E-state index in [1.54, 1.807) is 6.92 Å². The van der Waals surface area contributed by atoms with Crippen LogP contribution in [0, 0.1) is 6.92 Å². The highest BCUT2D eigenvalue weighted by Gasteiger charge is 2.14. The zero-order valence-corrected chi connectivity index (χ0v) is 10.8. The maximum Gasteiger partial charge on any atom is 0.231 e. The van der Waals surface area contributed by atoms with Crippen LogP contribution in [0.1, 0.15) is 21.7 Å². The lowest BCUT2D eigenvalue weighted by Gasteiger charge is -2.10. The molecule has 2 aromatic rings. The SMILES string of the molecule is COc1nc(C)nc(OCc2ccccc2)c1C=O. The van der Waals surface area contributed by atoms with E-state index in [1.165, 1.54) is 7.11 Å². The largest absolute Gasteiger partial charge is 0.480 e. The molecule has 5 nitrogen and oxygen atoms in total. The number of nitrogens with zero attached hydrogens (tertiary/aromatic N) is 2. The summed E-state index contributed by atoms with van der Waals surface area (Å²) in [5.74, 6) is 0.958. The number of methoxy groups -OCH3 is 1. The molecule has 0 fully saturated rings. The maximum atomic E-state index is 11.1. The van der Waals surface area contributed by atoms with Crippen LogP contribution in [0.3, 0.4) is 0 Å². The molecule has 0 N–H and O–H groups in total. The van der Waals surface area contributed by atoms with Gasteiger partial charge in [-0.25, -0.2) is 0 Å². The zero-order valence-electron chi connectivity index (χ0n) is 10.8. The Morgan fingerprint density at radius 3 is 2.47 bits per heavy atom. The van der Waals surface area contributed by atoms with E-state index >= 15 is 0 Å². The van der Waals surface area contributed by atoms with Gasteiger partial charge in [-0.3, -0.25) is 4.79 Å². The first-order chi connectivity index (χ1) is 9.24. The van der Waals surface area contributed by atoms with Crippen LogP contribution in [0.2, 0.25) is 0 Å². The molecule has 0 atom stereocenters. The van der Waals surface area contributed by atoms with E-state index in [1.807, 2.05) is 30.3 Å². The summed E-state index contributed by atoms with van der Waals surface area (Å²) < 4.78 is 10.6. The number of hydrogen-bond donors (Lipinski definition) is 0. The van der Waals surface area contributed by atoms with Gasteiger partial charge in [0.25, 0.3) is 0 Å². The average Bonchev–Trinajstić information content (AvgIpc) is 2.45. The molecule has 0 aliphatic heterocycles. The van der Waals surface area contributed by atoms with Gasteiger partial charge in [-0.1, -0.05) is 30.3 Å².